The molecular weight excluding hydrogens is 1280 g/mol. The zero-order chi connectivity index (χ0) is 69.8. The second-order valence-corrected chi connectivity index (χ2v) is 27.2. The predicted octanol–water partition coefficient (Wildman–Crippen LogP) is -3.10. The Bertz CT molecular complexity index is 3330. The lowest BCUT2D eigenvalue weighted by atomic mass is 9.86. The fourth-order valence-corrected chi connectivity index (χ4v) is 14.1. The van der Waals surface area contributed by atoms with Crippen LogP contribution in [0.25, 0.3) is 21.1 Å². The lowest BCUT2D eigenvalue weighted by Gasteiger charge is -2.42. The molecule has 1 unspecified atom stereocenters. The SMILES string of the molecule is CC1CCC(N2CCN(c3ccc(-c4nnc(-c5ccc(C(=O)NC6C[C@@H](O)CNC(=O)[C@@H]7[C@@H](O)[C@@H](C)CN7C(=O)[C@H]([C@H](O)CCN)NC(=O)[C@H]([C@H](O)Cc7ccc(O)c(OCCNC(CO)CO)c7)NC(=O)[C@@H]7C[C@@H](O)CN7C(=O)[C@H]([C@@H](C)O)NC6=O)cc5)s4)cc3)CC2)CC1. The van der Waals surface area contributed by atoms with Crippen LogP contribution in [0.15, 0.2) is 66.7 Å². The molecule has 5 fully saturated rings. The van der Waals surface area contributed by atoms with Crippen LogP contribution in [0.1, 0.15) is 81.6 Å². The molecule has 4 aromatic rings. The molecule has 3 aromatic carbocycles. The van der Waals surface area contributed by atoms with E-state index in [1.807, 2.05) is 12.1 Å². The number of aromatic hydroxyl groups is 1. The number of carbonyl (C=O) groups is 7. The molecule has 1 saturated carbocycles. The van der Waals surface area contributed by atoms with Gasteiger partial charge in [-0.3, -0.25) is 38.5 Å². The van der Waals surface area contributed by atoms with E-state index < -0.39 is 159 Å². The number of hydrogen-bond donors (Lipinski definition) is 16. The van der Waals surface area contributed by atoms with Gasteiger partial charge in [-0.2, -0.15) is 0 Å². The molecule has 30 nitrogen and oxygen atoms in total. The Balaban J connectivity index is 0.945. The molecule has 7 amide bonds. The van der Waals surface area contributed by atoms with Crippen molar-refractivity contribution >= 4 is 58.4 Å². The first kappa shape index (κ1) is 73.7. The zero-order valence-electron chi connectivity index (χ0n) is 54.7. The smallest absolute Gasteiger partial charge is 0.251 e. The van der Waals surface area contributed by atoms with Gasteiger partial charge in [0.1, 0.15) is 52.9 Å². The second kappa shape index (κ2) is 33.8. The summed E-state index contributed by atoms with van der Waals surface area (Å²) in [6, 6.07) is 7.33. The van der Waals surface area contributed by atoms with Crippen LogP contribution in [-0.2, 0) is 35.2 Å². The van der Waals surface area contributed by atoms with E-state index in [0.717, 1.165) is 60.1 Å². The Morgan fingerprint density at radius 3 is 2.00 bits per heavy atom. The monoisotopic (exact) mass is 1370 g/mol. The van der Waals surface area contributed by atoms with Gasteiger partial charge in [0.2, 0.25) is 35.4 Å². The number of aliphatic hydroxyl groups excluding tert-OH is 8. The van der Waals surface area contributed by atoms with Gasteiger partial charge in [0.05, 0.1) is 55.9 Å². The minimum atomic E-state index is -2.08. The molecule has 0 bridgehead atoms. The van der Waals surface area contributed by atoms with Crippen molar-refractivity contribution in [2.45, 2.75) is 157 Å². The van der Waals surface area contributed by atoms with Crippen LogP contribution in [0, 0.1) is 11.8 Å². The maximum Gasteiger partial charge on any atom is 0.251 e. The van der Waals surface area contributed by atoms with E-state index in [1.54, 1.807) is 12.1 Å². The summed E-state index contributed by atoms with van der Waals surface area (Å²) in [6.07, 6.45) is -6.95. The summed E-state index contributed by atoms with van der Waals surface area (Å²) < 4.78 is 5.71. The Hall–Kier alpha value is -7.53. The fraction of sp³-hybridized carbons (Fsp3) is 0.591. The fourth-order valence-electron chi connectivity index (χ4n) is 13.3. The van der Waals surface area contributed by atoms with Crippen molar-refractivity contribution in [3.63, 3.8) is 0 Å². The van der Waals surface area contributed by atoms with E-state index >= 15 is 0 Å². The molecule has 5 aliphatic rings. The third kappa shape index (κ3) is 18.4. The molecule has 97 heavy (non-hydrogen) atoms. The number of rotatable bonds is 20. The van der Waals surface area contributed by atoms with E-state index in [9.17, 15) is 79.5 Å². The second-order valence-electron chi connectivity index (χ2n) is 26.2. The van der Waals surface area contributed by atoms with E-state index in [-0.39, 0.29) is 68.5 Å². The molecule has 530 valence electrons. The van der Waals surface area contributed by atoms with Crippen LogP contribution in [0.2, 0.25) is 0 Å². The summed E-state index contributed by atoms with van der Waals surface area (Å²) in [7, 11) is 0. The van der Waals surface area contributed by atoms with Crippen LogP contribution < -0.4 is 47.3 Å². The molecule has 0 spiro atoms. The van der Waals surface area contributed by atoms with Gasteiger partial charge in [-0.05, 0) is 106 Å². The normalized spacial score (nSPS) is 27.8. The van der Waals surface area contributed by atoms with Gasteiger partial charge in [-0.25, -0.2) is 0 Å². The van der Waals surface area contributed by atoms with Crippen molar-refractivity contribution in [3.8, 4) is 32.6 Å². The first-order chi connectivity index (χ1) is 46.4. The van der Waals surface area contributed by atoms with Gasteiger partial charge in [0, 0.05) is 106 Å². The maximum atomic E-state index is 14.8. The number of nitrogens with one attached hydrogen (secondary N) is 6. The highest BCUT2D eigenvalue weighted by atomic mass is 32.1. The standard InChI is InChI=1S/C66H93N13O17S/c1-35-4-13-43(14-5-35)76-21-23-77(24-22-76)44-15-11-41(12-16-44)64-75-74-63(97-64)40-9-7-39(8-10-40)58(89)70-47-28-45(83)30-69-62(93)56-57(88)36(2)31-79(56)66(95)55(50(86)18-19-67)73-61(92)54(51(87)26-38-6-17-49(85)52(27-38)96-25-20-68-42(33-80)34-81)72-60(91)48-29-46(84)32-78(48)65(94)53(37(3)82)71-59(47)90/h6-12,15-17,27,35-37,42-43,45-48,50-51,53-57,68,80-88H,4-5,13-14,18-26,28-34,67H2,1-3H3,(H,69,93)(H,70,89)(H,71,90)(H,72,91)(H,73,92)/t35?,36-,37+,43?,45+,46+,47?,48-,50+,51+,53-,54-,55-,56-,57-/m0/s1. The predicted molar refractivity (Wildman–Crippen MR) is 354 cm³/mol. The van der Waals surface area contributed by atoms with Crippen LogP contribution in [0.3, 0.4) is 0 Å². The van der Waals surface area contributed by atoms with Crippen molar-refractivity contribution in [2.24, 2.45) is 17.6 Å². The Morgan fingerprint density at radius 1 is 0.732 bits per heavy atom. The van der Waals surface area contributed by atoms with Crippen molar-refractivity contribution in [1.29, 1.82) is 0 Å². The van der Waals surface area contributed by atoms with Crippen LogP contribution in [0.5, 0.6) is 11.5 Å². The highest BCUT2D eigenvalue weighted by Crippen LogP contribution is 2.34. The highest BCUT2D eigenvalue weighted by Gasteiger charge is 2.50. The molecule has 13 atom stereocenters. The van der Waals surface area contributed by atoms with Crippen molar-refractivity contribution in [1.82, 2.24) is 56.8 Å². The maximum absolute atomic E-state index is 14.8. The molecule has 1 aromatic heterocycles. The summed E-state index contributed by atoms with van der Waals surface area (Å²) in [6.45, 7) is 6.55. The van der Waals surface area contributed by atoms with Gasteiger partial charge >= 0.3 is 0 Å². The number of fused-ring (bicyclic) bond motifs is 2. The minimum Gasteiger partial charge on any atom is -0.504 e. The van der Waals surface area contributed by atoms with E-state index in [2.05, 4.69) is 71.0 Å². The van der Waals surface area contributed by atoms with Crippen molar-refractivity contribution in [3.05, 3.63) is 77.9 Å². The third-order valence-corrected chi connectivity index (χ3v) is 20.0. The number of anilines is 1. The number of β-amino-alcohol motifs (C(OH)–C–C–N with tert-alkyl or cyclic N) is 1. The van der Waals surface area contributed by atoms with E-state index in [1.165, 1.54) is 74.3 Å². The van der Waals surface area contributed by atoms with Gasteiger partial charge in [0.15, 0.2) is 11.5 Å². The number of amides is 7. The molecule has 1 aliphatic carbocycles. The molecule has 9 rings (SSSR count). The quantitative estimate of drug-likeness (QED) is 0.0390. The van der Waals surface area contributed by atoms with Crippen LogP contribution in [-0.4, -0.2) is 276 Å². The van der Waals surface area contributed by atoms with Crippen LogP contribution >= 0.6 is 11.3 Å². The number of nitrogens with zero attached hydrogens (tertiary/aromatic N) is 6. The zero-order valence-corrected chi connectivity index (χ0v) is 55.5. The number of hydrogen-bond acceptors (Lipinski definition) is 24. The number of phenolic OH excluding ortho intramolecular Hbond substituents is 1. The van der Waals surface area contributed by atoms with Gasteiger partial charge in [0.25, 0.3) is 5.91 Å². The molecule has 17 N–H and O–H groups in total. The summed E-state index contributed by atoms with van der Waals surface area (Å²) in [5, 5.41) is 124. The summed E-state index contributed by atoms with van der Waals surface area (Å²) in [5.74, 6) is -8.05. The lowest BCUT2D eigenvalue weighted by molar-refractivity contribution is -0.147. The molecule has 0 radical (unpaired) electrons. The van der Waals surface area contributed by atoms with Crippen LogP contribution in [0.4, 0.5) is 5.69 Å². The molecule has 5 heterocycles. The van der Waals surface area contributed by atoms with E-state index in [4.69, 9.17) is 10.5 Å². The number of carbonyl (C=O) groups excluding carboxylic acids is 7. The van der Waals surface area contributed by atoms with Gasteiger partial charge in [-0.1, -0.05) is 43.4 Å². The number of aromatic nitrogens is 2. The average Bonchev–Trinajstić information content (AvgIpc) is 1.68. The molecule has 4 aliphatic heterocycles. The third-order valence-electron chi connectivity index (χ3n) is 19.0. The highest BCUT2D eigenvalue weighted by molar-refractivity contribution is 7.17. The van der Waals surface area contributed by atoms with Gasteiger partial charge < -0.3 is 103 Å². The number of benzene rings is 3. The number of piperazine rings is 1. The largest absolute Gasteiger partial charge is 0.504 e. The Kier molecular flexibility index (Phi) is 25.7. The Labute approximate surface area is 565 Å². The molecular formula is C66H93N13O17S. The first-order valence-electron chi connectivity index (χ1n) is 33.3. The summed E-state index contributed by atoms with van der Waals surface area (Å²) in [5.41, 5.74) is 8.72. The molecule has 31 heteroatoms. The minimum absolute atomic E-state index is 0.0404. The number of nitrogens with two attached hydrogens (primary N) is 1. The first-order valence-corrected chi connectivity index (χ1v) is 34.1. The topological polar surface area (TPSA) is 448 Å². The van der Waals surface area contributed by atoms with Crippen molar-refractivity contribution in [2.75, 3.05) is 83.6 Å². The van der Waals surface area contributed by atoms with E-state index in [0.29, 0.717) is 21.6 Å². The number of phenols is 1. The summed E-state index contributed by atoms with van der Waals surface area (Å²) in [4.78, 5) is 109. The number of aliphatic hydroxyl groups is 8. The Morgan fingerprint density at radius 2 is 1.36 bits per heavy atom. The molecule has 4 saturated heterocycles. The van der Waals surface area contributed by atoms with Gasteiger partial charge in [-0.15, -0.1) is 10.2 Å². The lowest BCUT2D eigenvalue weighted by Crippen LogP contribution is -2.64. The van der Waals surface area contributed by atoms with Crippen molar-refractivity contribution < 1.29 is 84.3 Å². The summed E-state index contributed by atoms with van der Waals surface area (Å²) >= 11 is 1.35. The number of ether oxygens (including phenoxy) is 1. The average molecular weight is 1370 g/mol.